The van der Waals surface area contributed by atoms with Gasteiger partial charge in [-0.3, -0.25) is 4.79 Å². The molecule has 25 heavy (non-hydrogen) atoms. The predicted octanol–water partition coefficient (Wildman–Crippen LogP) is 6.26. The van der Waals surface area contributed by atoms with Crippen molar-refractivity contribution in [3.63, 3.8) is 0 Å². The Labute approximate surface area is 157 Å². The van der Waals surface area contributed by atoms with Crippen LogP contribution in [0.1, 0.15) is 21.2 Å². The van der Waals surface area contributed by atoms with Crippen molar-refractivity contribution in [2.75, 3.05) is 0 Å². The highest BCUT2D eigenvalue weighted by molar-refractivity contribution is 7.18. The van der Waals surface area contributed by atoms with Crippen molar-refractivity contribution in [2.45, 2.75) is 6.61 Å². The number of hydrogen-bond donors (Lipinski definition) is 0. The molecule has 2 heterocycles. The van der Waals surface area contributed by atoms with Crippen LogP contribution >= 0.6 is 34.5 Å². The first-order valence-electron chi connectivity index (χ1n) is 7.15. The van der Waals surface area contributed by atoms with E-state index in [1.807, 2.05) is 0 Å². The summed E-state index contributed by atoms with van der Waals surface area (Å²) in [6.07, 6.45) is 3.00. The van der Waals surface area contributed by atoms with E-state index in [0.717, 1.165) is 0 Å². The molecule has 1 aromatic carbocycles. The van der Waals surface area contributed by atoms with Crippen LogP contribution < -0.4 is 4.74 Å². The Kier molecular flexibility index (Phi) is 5.58. The second kappa shape index (κ2) is 7.87. The van der Waals surface area contributed by atoms with Gasteiger partial charge in [-0.25, -0.2) is 4.39 Å². The van der Waals surface area contributed by atoms with Gasteiger partial charge in [-0.15, -0.1) is 11.3 Å². The van der Waals surface area contributed by atoms with E-state index in [-0.39, 0.29) is 17.4 Å². The van der Waals surface area contributed by atoms with E-state index in [9.17, 15) is 9.18 Å². The smallest absolute Gasteiger partial charge is 0.195 e. The maximum absolute atomic E-state index is 13.1. The van der Waals surface area contributed by atoms with E-state index in [0.29, 0.717) is 26.5 Å². The highest BCUT2D eigenvalue weighted by Crippen LogP contribution is 2.23. The molecule has 0 atom stereocenters. The Morgan fingerprint density at radius 2 is 2.04 bits per heavy atom. The monoisotopic (exact) mass is 396 g/mol. The molecule has 0 aliphatic carbocycles. The summed E-state index contributed by atoms with van der Waals surface area (Å²) in [4.78, 5) is 12.5. The van der Waals surface area contributed by atoms with E-state index in [4.69, 9.17) is 32.4 Å². The lowest BCUT2D eigenvalue weighted by molar-refractivity contribution is 0.105. The van der Waals surface area contributed by atoms with Crippen LogP contribution in [-0.2, 0) is 6.61 Å². The number of ether oxygens (including phenoxy) is 1. The fourth-order valence-electron chi connectivity index (χ4n) is 1.97. The highest BCUT2D eigenvalue weighted by Gasteiger charge is 2.07. The molecule has 3 aromatic rings. The molecule has 3 rings (SSSR count). The molecule has 3 nitrogen and oxygen atoms in total. The zero-order valence-corrected chi connectivity index (χ0v) is 15.0. The van der Waals surface area contributed by atoms with Crippen molar-refractivity contribution in [3.8, 4) is 5.75 Å². The molecule has 0 aliphatic rings. The fourth-order valence-corrected chi connectivity index (χ4v) is 3.10. The fraction of sp³-hybridized carbons (Fsp3) is 0.0556. The molecule has 128 valence electrons. The zero-order chi connectivity index (χ0) is 17.8. The van der Waals surface area contributed by atoms with Gasteiger partial charge < -0.3 is 9.15 Å². The lowest BCUT2D eigenvalue weighted by Crippen LogP contribution is -1.94. The van der Waals surface area contributed by atoms with Crippen molar-refractivity contribution < 1.29 is 18.3 Å². The number of carbonyl (C=O) groups is 1. The number of allylic oxidation sites excluding steroid dienone is 1. The molecular formula is C18H11Cl2FO3S. The molecule has 0 saturated carbocycles. The minimum absolute atomic E-state index is 0.00670. The Morgan fingerprint density at radius 1 is 1.20 bits per heavy atom. The third-order valence-electron chi connectivity index (χ3n) is 3.17. The molecule has 0 fully saturated rings. The molecular weight excluding hydrogens is 386 g/mol. The second-order valence-corrected chi connectivity index (χ2v) is 7.09. The quantitative estimate of drug-likeness (QED) is 0.364. The minimum atomic E-state index is -0.504. The van der Waals surface area contributed by atoms with Gasteiger partial charge in [0.15, 0.2) is 5.78 Å². The van der Waals surface area contributed by atoms with Crippen molar-refractivity contribution in [3.05, 3.63) is 80.1 Å². The van der Waals surface area contributed by atoms with Crippen LogP contribution in [0.4, 0.5) is 4.39 Å². The molecule has 0 aliphatic heterocycles. The maximum atomic E-state index is 13.1. The number of furan rings is 1. The Bertz CT molecular complexity index is 930. The van der Waals surface area contributed by atoms with E-state index in [2.05, 4.69) is 0 Å². The summed E-state index contributed by atoms with van der Waals surface area (Å²) in [5, 5.41) is -0.00670. The Hall–Kier alpha value is -2.08. The van der Waals surface area contributed by atoms with Crippen LogP contribution in [0.5, 0.6) is 5.75 Å². The summed E-state index contributed by atoms with van der Waals surface area (Å²) in [5.74, 6) is 0.867. The van der Waals surface area contributed by atoms with Gasteiger partial charge in [0.25, 0.3) is 0 Å². The molecule has 0 spiro atoms. The van der Waals surface area contributed by atoms with Gasteiger partial charge >= 0.3 is 0 Å². The normalized spacial score (nSPS) is 11.2. The largest absolute Gasteiger partial charge is 0.486 e. The van der Waals surface area contributed by atoms with Gasteiger partial charge in [-0.1, -0.05) is 23.2 Å². The number of thiophene rings is 1. The number of ketones is 1. The number of rotatable bonds is 6. The topological polar surface area (TPSA) is 39.4 Å². The molecule has 0 bridgehead atoms. The SMILES string of the molecule is O=C(/C=C/c1ccc(COc2ccc(F)c(Cl)c2)o1)c1ccc(Cl)s1. The van der Waals surface area contributed by atoms with Gasteiger partial charge in [0, 0.05) is 6.07 Å². The van der Waals surface area contributed by atoms with Crippen LogP contribution in [0, 0.1) is 5.82 Å². The molecule has 0 unspecified atom stereocenters. The summed E-state index contributed by atoms with van der Waals surface area (Å²) in [7, 11) is 0. The van der Waals surface area contributed by atoms with Crippen molar-refractivity contribution in [1.82, 2.24) is 0 Å². The van der Waals surface area contributed by atoms with Crippen molar-refractivity contribution in [2.24, 2.45) is 0 Å². The van der Waals surface area contributed by atoms with Gasteiger partial charge in [0.1, 0.15) is 29.7 Å². The van der Waals surface area contributed by atoms with Gasteiger partial charge in [0.2, 0.25) is 0 Å². The number of benzene rings is 1. The first kappa shape index (κ1) is 17.7. The highest BCUT2D eigenvalue weighted by atomic mass is 35.5. The summed E-state index contributed by atoms with van der Waals surface area (Å²) >= 11 is 12.7. The van der Waals surface area contributed by atoms with Crippen LogP contribution in [-0.4, -0.2) is 5.78 Å². The van der Waals surface area contributed by atoms with Crippen LogP contribution in [0.3, 0.4) is 0 Å². The molecule has 0 saturated heterocycles. The average Bonchev–Trinajstić information content (AvgIpc) is 3.23. The predicted molar refractivity (Wildman–Crippen MR) is 97.1 cm³/mol. The summed E-state index contributed by atoms with van der Waals surface area (Å²) in [6.45, 7) is 0.157. The summed E-state index contributed by atoms with van der Waals surface area (Å²) < 4.78 is 24.7. The molecule has 0 radical (unpaired) electrons. The Balaban J connectivity index is 1.59. The van der Waals surface area contributed by atoms with E-state index >= 15 is 0 Å². The van der Waals surface area contributed by atoms with Crippen molar-refractivity contribution in [1.29, 1.82) is 0 Å². The third kappa shape index (κ3) is 4.72. The molecule has 2 aromatic heterocycles. The number of halogens is 3. The standard InChI is InChI=1S/C18H11Cl2FO3S/c19-14-9-12(3-5-15(14)21)23-10-13-2-1-11(24-13)4-6-16(22)17-7-8-18(20)25-17/h1-9H,10H2/b6-4+. The summed E-state index contributed by atoms with van der Waals surface area (Å²) in [5.41, 5.74) is 0. The maximum Gasteiger partial charge on any atom is 0.195 e. The third-order valence-corrected chi connectivity index (χ3v) is 4.70. The Morgan fingerprint density at radius 3 is 2.76 bits per heavy atom. The van der Waals surface area contributed by atoms with Crippen LogP contribution in [0.2, 0.25) is 9.36 Å². The summed E-state index contributed by atoms with van der Waals surface area (Å²) in [6, 6.07) is 10.9. The van der Waals surface area contributed by atoms with Gasteiger partial charge in [-0.05, 0) is 48.6 Å². The number of carbonyl (C=O) groups excluding carboxylic acids is 1. The van der Waals surface area contributed by atoms with Gasteiger partial charge in [-0.2, -0.15) is 0 Å². The van der Waals surface area contributed by atoms with Crippen molar-refractivity contribution >= 4 is 46.4 Å². The van der Waals surface area contributed by atoms with E-state index in [1.54, 1.807) is 30.3 Å². The van der Waals surface area contributed by atoms with Crippen LogP contribution in [0.25, 0.3) is 6.08 Å². The van der Waals surface area contributed by atoms with E-state index in [1.165, 1.54) is 35.6 Å². The van der Waals surface area contributed by atoms with Gasteiger partial charge in [0.05, 0.1) is 14.2 Å². The lowest BCUT2D eigenvalue weighted by atomic mass is 10.3. The van der Waals surface area contributed by atoms with E-state index < -0.39 is 5.82 Å². The zero-order valence-electron chi connectivity index (χ0n) is 12.7. The molecule has 0 N–H and O–H groups in total. The lowest BCUT2D eigenvalue weighted by Gasteiger charge is -2.04. The van der Waals surface area contributed by atoms with Crippen LogP contribution in [0.15, 0.2) is 53.0 Å². The average molecular weight is 397 g/mol. The molecule has 7 heteroatoms. The minimum Gasteiger partial charge on any atom is -0.486 e. The first-order valence-corrected chi connectivity index (χ1v) is 8.73. The number of hydrogen-bond acceptors (Lipinski definition) is 4. The second-order valence-electron chi connectivity index (χ2n) is 4.97. The molecule has 0 amide bonds. The first-order chi connectivity index (χ1) is 12.0.